The number of nitrogens with one attached hydrogen (secondary N) is 3. The van der Waals surface area contributed by atoms with E-state index in [2.05, 4.69) is 26.7 Å². The fraction of sp³-hybridized carbons (Fsp3) is 0.409. The Morgan fingerprint density at radius 3 is 3.00 bits per heavy atom. The van der Waals surface area contributed by atoms with Crippen molar-refractivity contribution in [3.8, 4) is 6.07 Å². The Bertz CT molecular complexity index is 1130. The van der Waals surface area contributed by atoms with E-state index in [-0.39, 0.29) is 11.9 Å². The van der Waals surface area contributed by atoms with Crippen LogP contribution in [0.2, 0.25) is 0 Å². The van der Waals surface area contributed by atoms with Gasteiger partial charge < -0.3 is 25.5 Å². The van der Waals surface area contributed by atoms with Gasteiger partial charge in [0.1, 0.15) is 0 Å². The van der Waals surface area contributed by atoms with Gasteiger partial charge in [-0.1, -0.05) is 0 Å². The van der Waals surface area contributed by atoms with Crippen LogP contribution < -0.4 is 10.6 Å². The Morgan fingerprint density at radius 2 is 2.30 bits per heavy atom. The van der Waals surface area contributed by atoms with E-state index in [0.717, 1.165) is 28.4 Å². The standard InChI is InChI=1S/C22H25N5O3/c1-22(2,29)6-7-24-21(28)16-11-25-18-15-4-3-13(10-23)9-17(15)27-20(18)19(16)26-14-5-8-30-12-14/h3-4,9,11,14,27,29H,5-8,12H2,1-2H3,(H,24,28)(H,25,26). The van der Waals surface area contributed by atoms with Crippen molar-refractivity contribution in [2.24, 2.45) is 0 Å². The lowest BCUT2D eigenvalue weighted by Gasteiger charge is -2.19. The number of ether oxygens (including phenoxy) is 1. The molecule has 156 valence electrons. The van der Waals surface area contributed by atoms with Gasteiger partial charge in [-0.15, -0.1) is 0 Å². The summed E-state index contributed by atoms with van der Waals surface area (Å²) in [4.78, 5) is 20.8. The summed E-state index contributed by atoms with van der Waals surface area (Å²) in [6.45, 7) is 5.02. The van der Waals surface area contributed by atoms with Crippen LogP contribution >= 0.6 is 0 Å². The largest absolute Gasteiger partial charge is 0.390 e. The van der Waals surface area contributed by atoms with Crippen LogP contribution in [0.15, 0.2) is 24.4 Å². The van der Waals surface area contributed by atoms with Gasteiger partial charge in [0.05, 0.1) is 52.2 Å². The van der Waals surface area contributed by atoms with Crippen molar-refractivity contribution in [3.05, 3.63) is 35.5 Å². The molecule has 1 aliphatic rings. The van der Waals surface area contributed by atoms with E-state index in [1.165, 1.54) is 0 Å². The lowest BCUT2D eigenvalue weighted by molar-refractivity contribution is 0.0693. The predicted molar refractivity (Wildman–Crippen MR) is 114 cm³/mol. The monoisotopic (exact) mass is 407 g/mol. The minimum atomic E-state index is -0.854. The molecule has 1 fully saturated rings. The molecule has 1 saturated heterocycles. The van der Waals surface area contributed by atoms with Crippen LogP contribution in [-0.4, -0.2) is 52.4 Å². The van der Waals surface area contributed by atoms with Crippen LogP contribution in [-0.2, 0) is 4.74 Å². The number of benzene rings is 1. The molecule has 30 heavy (non-hydrogen) atoms. The Kier molecular flexibility index (Phi) is 5.33. The van der Waals surface area contributed by atoms with Crippen molar-refractivity contribution in [1.82, 2.24) is 15.3 Å². The van der Waals surface area contributed by atoms with Gasteiger partial charge in [0.15, 0.2) is 0 Å². The molecular formula is C22H25N5O3. The molecule has 1 unspecified atom stereocenters. The van der Waals surface area contributed by atoms with Gasteiger partial charge in [0.2, 0.25) is 0 Å². The first-order chi connectivity index (χ1) is 14.4. The smallest absolute Gasteiger partial charge is 0.255 e. The third-order valence-corrected chi connectivity index (χ3v) is 5.29. The van der Waals surface area contributed by atoms with Crippen molar-refractivity contribution in [2.75, 3.05) is 25.1 Å². The number of amides is 1. The van der Waals surface area contributed by atoms with Gasteiger partial charge in [0.25, 0.3) is 5.91 Å². The summed E-state index contributed by atoms with van der Waals surface area (Å²) in [6.07, 6.45) is 2.87. The van der Waals surface area contributed by atoms with Gasteiger partial charge >= 0.3 is 0 Å². The van der Waals surface area contributed by atoms with E-state index in [0.29, 0.717) is 43.0 Å². The zero-order valence-corrected chi connectivity index (χ0v) is 17.1. The summed E-state index contributed by atoms with van der Waals surface area (Å²) >= 11 is 0. The molecule has 1 atom stereocenters. The first-order valence-corrected chi connectivity index (χ1v) is 10.0. The number of hydrogen-bond donors (Lipinski definition) is 4. The maximum atomic E-state index is 12.9. The van der Waals surface area contributed by atoms with Crippen LogP contribution in [0.3, 0.4) is 0 Å². The normalized spacial score (nSPS) is 16.7. The average Bonchev–Trinajstić information content (AvgIpc) is 3.34. The van der Waals surface area contributed by atoms with Crippen molar-refractivity contribution in [2.45, 2.75) is 38.3 Å². The Hall–Kier alpha value is -3.15. The Balaban J connectivity index is 1.75. The van der Waals surface area contributed by atoms with E-state index in [9.17, 15) is 15.2 Å². The van der Waals surface area contributed by atoms with Crippen LogP contribution in [0.4, 0.5) is 5.69 Å². The number of nitrogens with zero attached hydrogens (tertiary/aromatic N) is 2. The number of rotatable bonds is 6. The number of carbonyl (C=O) groups is 1. The minimum Gasteiger partial charge on any atom is -0.390 e. The Labute approximate surface area is 174 Å². The van der Waals surface area contributed by atoms with Crippen molar-refractivity contribution < 1.29 is 14.6 Å². The first-order valence-electron chi connectivity index (χ1n) is 10.0. The van der Waals surface area contributed by atoms with Crippen molar-refractivity contribution >= 4 is 33.5 Å². The van der Waals surface area contributed by atoms with Crippen LogP contribution in [0.5, 0.6) is 0 Å². The highest BCUT2D eigenvalue weighted by atomic mass is 16.5. The summed E-state index contributed by atoms with van der Waals surface area (Å²) in [5.41, 5.74) is 3.06. The third kappa shape index (κ3) is 4.08. The fourth-order valence-corrected chi connectivity index (χ4v) is 3.65. The van der Waals surface area contributed by atoms with Crippen molar-refractivity contribution in [1.29, 1.82) is 5.26 Å². The molecular weight excluding hydrogens is 382 g/mol. The summed E-state index contributed by atoms with van der Waals surface area (Å²) in [6, 6.07) is 7.64. The maximum Gasteiger partial charge on any atom is 0.255 e. The molecule has 4 N–H and O–H groups in total. The number of aromatic nitrogens is 2. The molecule has 0 radical (unpaired) electrons. The second kappa shape index (κ2) is 7.94. The number of aliphatic hydroxyl groups is 1. The topological polar surface area (TPSA) is 123 Å². The first kappa shape index (κ1) is 20.1. The second-order valence-electron chi connectivity index (χ2n) is 8.29. The molecule has 0 bridgehead atoms. The molecule has 1 aromatic carbocycles. The predicted octanol–water partition coefficient (Wildman–Crippen LogP) is 2.68. The molecule has 3 aromatic rings. The molecule has 0 spiro atoms. The number of H-pyrrole nitrogens is 1. The summed E-state index contributed by atoms with van der Waals surface area (Å²) in [5, 5.41) is 26.3. The molecule has 4 rings (SSSR count). The summed E-state index contributed by atoms with van der Waals surface area (Å²) in [7, 11) is 0. The molecule has 1 aliphatic heterocycles. The molecule has 2 aromatic heterocycles. The maximum absolute atomic E-state index is 12.9. The molecule has 0 aliphatic carbocycles. The average molecular weight is 407 g/mol. The number of carbonyl (C=O) groups excluding carboxylic acids is 1. The van der Waals surface area contributed by atoms with Gasteiger partial charge in [-0.25, -0.2) is 0 Å². The molecule has 8 nitrogen and oxygen atoms in total. The third-order valence-electron chi connectivity index (χ3n) is 5.29. The summed E-state index contributed by atoms with van der Waals surface area (Å²) in [5.74, 6) is -0.258. The van der Waals surface area contributed by atoms with Gasteiger partial charge in [-0.3, -0.25) is 9.78 Å². The van der Waals surface area contributed by atoms with Gasteiger partial charge in [-0.2, -0.15) is 5.26 Å². The summed E-state index contributed by atoms with van der Waals surface area (Å²) < 4.78 is 5.48. The van der Waals surface area contributed by atoms with E-state index >= 15 is 0 Å². The lowest BCUT2D eigenvalue weighted by atomic mass is 10.1. The molecule has 1 amide bonds. The highest BCUT2D eigenvalue weighted by molar-refractivity contribution is 6.13. The second-order valence-corrected chi connectivity index (χ2v) is 8.29. The fourth-order valence-electron chi connectivity index (χ4n) is 3.65. The zero-order chi connectivity index (χ0) is 21.3. The Morgan fingerprint density at radius 1 is 1.47 bits per heavy atom. The highest BCUT2D eigenvalue weighted by Gasteiger charge is 2.23. The van der Waals surface area contributed by atoms with E-state index in [1.807, 2.05) is 6.07 Å². The van der Waals surface area contributed by atoms with E-state index in [4.69, 9.17) is 4.74 Å². The molecule has 8 heteroatoms. The zero-order valence-electron chi connectivity index (χ0n) is 17.1. The number of hydrogen-bond acceptors (Lipinski definition) is 6. The van der Waals surface area contributed by atoms with Crippen molar-refractivity contribution in [3.63, 3.8) is 0 Å². The van der Waals surface area contributed by atoms with E-state index in [1.54, 1.807) is 32.2 Å². The highest BCUT2D eigenvalue weighted by Crippen LogP contribution is 2.32. The van der Waals surface area contributed by atoms with E-state index < -0.39 is 5.60 Å². The lowest BCUT2D eigenvalue weighted by Crippen LogP contribution is -2.31. The number of nitriles is 1. The number of aromatic amines is 1. The number of fused-ring (bicyclic) bond motifs is 3. The van der Waals surface area contributed by atoms with Gasteiger partial charge in [-0.05, 0) is 44.9 Å². The SMILES string of the molecule is CC(C)(O)CCNC(=O)c1cnc2c([nH]c3cc(C#N)ccc32)c1NC1CCOC1. The number of pyridine rings is 1. The quantitative estimate of drug-likeness (QED) is 0.498. The number of anilines is 1. The minimum absolute atomic E-state index is 0.0969. The van der Waals surface area contributed by atoms with Crippen LogP contribution in [0.25, 0.3) is 21.9 Å². The van der Waals surface area contributed by atoms with Gasteiger partial charge in [0, 0.05) is 30.3 Å². The molecule has 0 saturated carbocycles. The van der Waals surface area contributed by atoms with Crippen LogP contribution in [0, 0.1) is 11.3 Å². The molecule has 3 heterocycles. The van der Waals surface area contributed by atoms with Crippen LogP contribution in [0.1, 0.15) is 42.6 Å².